The van der Waals surface area contributed by atoms with Crippen molar-refractivity contribution in [3.05, 3.63) is 53.5 Å². The van der Waals surface area contributed by atoms with Crippen molar-refractivity contribution in [2.45, 2.75) is 6.54 Å². The number of hydrogen-bond donors (Lipinski definition) is 1. The lowest BCUT2D eigenvalue weighted by molar-refractivity contribution is 0.0563. The molecule has 0 aliphatic carbocycles. The van der Waals surface area contributed by atoms with Crippen molar-refractivity contribution in [3.8, 4) is 0 Å². The monoisotopic (exact) mass is 267 g/mol. The van der Waals surface area contributed by atoms with Crippen molar-refractivity contribution in [2.75, 3.05) is 12.4 Å². The second-order valence-corrected chi connectivity index (χ2v) is 3.72. The van der Waals surface area contributed by atoms with Gasteiger partial charge in [0, 0.05) is 12.1 Å². The SMILES string of the molecule is COC(=O)c1occc1CNc1cccc(F)c1F. The van der Waals surface area contributed by atoms with Gasteiger partial charge in [0.1, 0.15) is 0 Å². The third-order valence-corrected chi connectivity index (χ3v) is 2.54. The number of furan rings is 1. The molecule has 4 nitrogen and oxygen atoms in total. The molecule has 2 rings (SSSR count). The van der Waals surface area contributed by atoms with Crippen LogP contribution in [0.2, 0.25) is 0 Å². The molecule has 1 N–H and O–H groups in total. The highest BCUT2D eigenvalue weighted by Crippen LogP contribution is 2.19. The number of methoxy groups -OCH3 is 1. The summed E-state index contributed by atoms with van der Waals surface area (Å²) in [4.78, 5) is 11.3. The van der Waals surface area contributed by atoms with Gasteiger partial charge in [0.2, 0.25) is 5.76 Å². The van der Waals surface area contributed by atoms with Crippen LogP contribution in [-0.2, 0) is 11.3 Å². The van der Waals surface area contributed by atoms with Crippen molar-refractivity contribution >= 4 is 11.7 Å². The molecule has 1 aromatic carbocycles. The minimum absolute atomic E-state index is 0.0111. The number of benzene rings is 1. The predicted molar refractivity (Wildman–Crippen MR) is 63.7 cm³/mol. The van der Waals surface area contributed by atoms with Crippen LogP contribution in [0.3, 0.4) is 0 Å². The highest BCUT2D eigenvalue weighted by molar-refractivity contribution is 5.87. The topological polar surface area (TPSA) is 51.5 Å². The fourth-order valence-corrected chi connectivity index (χ4v) is 1.58. The molecule has 0 radical (unpaired) electrons. The van der Waals surface area contributed by atoms with Gasteiger partial charge in [0.05, 0.1) is 19.1 Å². The maximum absolute atomic E-state index is 13.4. The maximum Gasteiger partial charge on any atom is 0.374 e. The van der Waals surface area contributed by atoms with Crippen molar-refractivity contribution < 1.29 is 22.7 Å². The standard InChI is InChI=1S/C13H11F2NO3/c1-18-13(17)12-8(5-6-19-12)7-16-10-4-2-3-9(14)11(10)15/h2-6,16H,7H2,1H3. The fraction of sp³-hybridized carbons (Fsp3) is 0.154. The third kappa shape index (κ3) is 2.73. The summed E-state index contributed by atoms with van der Waals surface area (Å²) < 4.78 is 35.9. The molecule has 19 heavy (non-hydrogen) atoms. The van der Waals surface area contributed by atoms with Gasteiger partial charge in [-0.1, -0.05) is 6.07 Å². The number of carbonyl (C=O) groups is 1. The Bertz CT molecular complexity index is 595. The van der Waals surface area contributed by atoms with Crippen LogP contribution in [0.1, 0.15) is 16.1 Å². The van der Waals surface area contributed by atoms with Crippen LogP contribution in [0.15, 0.2) is 34.9 Å². The maximum atomic E-state index is 13.4. The van der Waals surface area contributed by atoms with Crippen LogP contribution in [0.5, 0.6) is 0 Å². The Balaban J connectivity index is 2.13. The van der Waals surface area contributed by atoms with Crippen LogP contribution >= 0.6 is 0 Å². The Morgan fingerprint density at radius 2 is 2.16 bits per heavy atom. The summed E-state index contributed by atoms with van der Waals surface area (Å²) in [7, 11) is 1.23. The second kappa shape index (κ2) is 5.51. The van der Waals surface area contributed by atoms with Gasteiger partial charge in [-0.15, -0.1) is 0 Å². The Kier molecular flexibility index (Phi) is 3.79. The Morgan fingerprint density at radius 1 is 1.37 bits per heavy atom. The molecule has 6 heteroatoms. The van der Waals surface area contributed by atoms with Crippen molar-refractivity contribution in [3.63, 3.8) is 0 Å². The third-order valence-electron chi connectivity index (χ3n) is 2.54. The van der Waals surface area contributed by atoms with Crippen molar-refractivity contribution in [1.29, 1.82) is 0 Å². The van der Waals surface area contributed by atoms with E-state index in [0.29, 0.717) is 5.56 Å². The number of carbonyl (C=O) groups excluding carboxylic acids is 1. The van der Waals surface area contributed by atoms with Crippen LogP contribution in [-0.4, -0.2) is 13.1 Å². The zero-order valence-corrected chi connectivity index (χ0v) is 10.1. The molecule has 2 aromatic rings. The van der Waals surface area contributed by atoms with E-state index < -0.39 is 17.6 Å². The number of ether oxygens (including phenoxy) is 1. The normalized spacial score (nSPS) is 10.3. The summed E-state index contributed by atoms with van der Waals surface area (Å²) in [5, 5.41) is 2.69. The van der Waals surface area contributed by atoms with Crippen molar-refractivity contribution in [1.82, 2.24) is 0 Å². The molecule has 0 fully saturated rings. The molecule has 0 aliphatic rings. The Morgan fingerprint density at radius 3 is 2.89 bits per heavy atom. The minimum atomic E-state index is -0.967. The van der Waals surface area contributed by atoms with Gasteiger partial charge in [-0.05, 0) is 18.2 Å². The lowest BCUT2D eigenvalue weighted by Gasteiger charge is -2.07. The zero-order chi connectivity index (χ0) is 13.8. The first-order valence-corrected chi connectivity index (χ1v) is 5.46. The highest BCUT2D eigenvalue weighted by Gasteiger charge is 2.16. The molecule has 0 saturated heterocycles. The lowest BCUT2D eigenvalue weighted by atomic mass is 10.2. The number of nitrogens with one attached hydrogen (secondary N) is 1. The molecular formula is C13H11F2NO3. The van der Waals surface area contributed by atoms with Gasteiger partial charge in [-0.25, -0.2) is 13.6 Å². The number of hydrogen-bond acceptors (Lipinski definition) is 4. The summed E-state index contributed by atoms with van der Waals surface area (Å²) in [5.41, 5.74) is 0.507. The smallest absolute Gasteiger partial charge is 0.374 e. The summed E-state index contributed by atoms with van der Waals surface area (Å²) in [6, 6.07) is 5.36. The molecule has 0 saturated carbocycles. The van der Waals surface area contributed by atoms with Gasteiger partial charge in [-0.3, -0.25) is 0 Å². The molecule has 0 aliphatic heterocycles. The second-order valence-electron chi connectivity index (χ2n) is 3.72. The van der Waals surface area contributed by atoms with E-state index >= 15 is 0 Å². The quantitative estimate of drug-likeness (QED) is 0.865. The molecule has 1 aromatic heterocycles. The summed E-state index contributed by atoms with van der Waals surface area (Å²) in [6.45, 7) is 0.112. The van der Waals surface area contributed by atoms with Crippen LogP contribution in [0, 0.1) is 11.6 Å². The van der Waals surface area contributed by atoms with E-state index in [1.54, 1.807) is 6.07 Å². The molecule has 0 atom stereocenters. The first-order chi connectivity index (χ1) is 9.13. The van der Waals surface area contributed by atoms with Gasteiger partial charge in [0.25, 0.3) is 0 Å². The van der Waals surface area contributed by atoms with Gasteiger partial charge in [0.15, 0.2) is 11.6 Å². The van der Waals surface area contributed by atoms with E-state index in [0.717, 1.165) is 6.07 Å². The average molecular weight is 267 g/mol. The van der Waals surface area contributed by atoms with E-state index in [9.17, 15) is 13.6 Å². The number of anilines is 1. The van der Waals surface area contributed by atoms with Crippen LogP contribution in [0.25, 0.3) is 0 Å². The first-order valence-electron chi connectivity index (χ1n) is 5.46. The Labute approximate surface area is 108 Å². The van der Waals surface area contributed by atoms with Gasteiger partial charge < -0.3 is 14.5 Å². The van der Waals surface area contributed by atoms with E-state index in [1.165, 1.54) is 25.5 Å². The molecule has 0 bridgehead atoms. The highest BCUT2D eigenvalue weighted by atomic mass is 19.2. The van der Waals surface area contributed by atoms with Crippen molar-refractivity contribution in [2.24, 2.45) is 0 Å². The Hall–Kier alpha value is -2.37. The minimum Gasteiger partial charge on any atom is -0.463 e. The number of halogens is 2. The predicted octanol–water partition coefficient (Wildman–Crippen LogP) is 2.96. The van der Waals surface area contributed by atoms with E-state index in [-0.39, 0.29) is 18.0 Å². The summed E-state index contributed by atoms with van der Waals surface area (Å²) >= 11 is 0. The molecular weight excluding hydrogens is 256 g/mol. The van der Waals surface area contributed by atoms with Gasteiger partial charge >= 0.3 is 5.97 Å². The summed E-state index contributed by atoms with van der Waals surface area (Å²) in [5.74, 6) is -2.50. The first kappa shape index (κ1) is 13.1. The largest absolute Gasteiger partial charge is 0.463 e. The van der Waals surface area contributed by atoms with E-state index in [4.69, 9.17) is 4.42 Å². The average Bonchev–Trinajstić information content (AvgIpc) is 2.88. The van der Waals surface area contributed by atoms with E-state index in [1.807, 2.05) is 0 Å². The molecule has 0 amide bonds. The molecule has 0 spiro atoms. The fourth-order valence-electron chi connectivity index (χ4n) is 1.58. The van der Waals surface area contributed by atoms with Gasteiger partial charge in [-0.2, -0.15) is 0 Å². The molecule has 100 valence electrons. The van der Waals surface area contributed by atoms with Crippen LogP contribution < -0.4 is 5.32 Å². The lowest BCUT2D eigenvalue weighted by Crippen LogP contribution is -2.07. The molecule has 0 unspecified atom stereocenters. The number of esters is 1. The zero-order valence-electron chi connectivity index (χ0n) is 10.1. The number of rotatable bonds is 4. The summed E-state index contributed by atoms with van der Waals surface area (Å²) in [6.07, 6.45) is 1.32. The van der Waals surface area contributed by atoms with E-state index in [2.05, 4.69) is 10.1 Å². The van der Waals surface area contributed by atoms with Crippen LogP contribution in [0.4, 0.5) is 14.5 Å². The molecule has 1 heterocycles.